The maximum absolute atomic E-state index is 12.9. The standard InChI is InChI=1S/C22H21IN2O3S/c1-16-7-13-20(14-8-16)29(27,28)25-21(15-17-5-3-2-4-6-17)22(26)24-19-11-9-18(23)10-12-19/h2-14,21,25H,15H2,1H3,(H,24,26)/t21-/m0/s1. The fraction of sp³-hybridized carbons (Fsp3) is 0.136. The molecule has 7 heteroatoms. The highest BCUT2D eigenvalue weighted by molar-refractivity contribution is 14.1. The van der Waals surface area contributed by atoms with Crippen LogP contribution in [0, 0.1) is 10.5 Å². The molecule has 29 heavy (non-hydrogen) atoms. The van der Waals surface area contributed by atoms with E-state index in [1.54, 1.807) is 24.3 Å². The Morgan fingerprint density at radius 1 is 0.931 bits per heavy atom. The van der Waals surface area contributed by atoms with Gasteiger partial charge in [0.1, 0.15) is 6.04 Å². The largest absolute Gasteiger partial charge is 0.325 e. The minimum atomic E-state index is -3.85. The Labute approximate surface area is 184 Å². The van der Waals surface area contributed by atoms with E-state index in [1.807, 2.05) is 49.4 Å². The number of nitrogens with one attached hydrogen (secondary N) is 2. The Kier molecular flexibility index (Phi) is 7.05. The van der Waals surface area contributed by atoms with Gasteiger partial charge in [-0.1, -0.05) is 48.0 Å². The summed E-state index contributed by atoms with van der Waals surface area (Å²) in [6, 6.07) is 22.2. The van der Waals surface area contributed by atoms with Crippen molar-refractivity contribution in [3.63, 3.8) is 0 Å². The smallest absolute Gasteiger partial charge is 0.242 e. The van der Waals surface area contributed by atoms with Crippen LogP contribution in [0.2, 0.25) is 0 Å². The van der Waals surface area contributed by atoms with Crippen LogP contribution in [0.15, 0.2) is 83.8 Å². The van der Waals surface area contributed by atoms with Crippen molar-refractivity contribution in [2.24, 2.45) is 0 Å². The van der Waals surface area contributed by atoms with Crippen LogP contribution < -0.4 is 10.0 Å². The Bertz CT molecular complexity index is 1070. The molecule has 0 saturated heterocycles. The summed E-state index contributed by atoms with van der Waals surface area (Å²) in [5.41, 5.74) is 2.44. The van der Waals surface area contributed by atoms with E-state index in [-0.39, 0.29) is 11.3 Å². The molecule has 2 N–H and O–H groups in total. The first-order valence-electron chi connectivity index (χ1n) is 9.03. The molecule has 0 aliphatic heterocycles. The molecule has 150 valence electrons. The van der Waals surface area contributed by atoms with Gasteiger partial charge >= 0.3 is 0 Å². The van der Waals surface area contributed by atoms with Gasteiger partial charge in [0.25, 0.3) is 0 Å². The van der Waals surface area contributed by atoms with Gasteiger partial charge in [-0.2, -0.15) is 4.72 Å². The Morgan fingerprint density at radius 3 is 2.17 bits per heavy atom. The number of sulfonamides is 1. The minimum absolute atomic E-state index is 0.128. The number of hydrogen-bond donors (Lipinski definition) is 2. The highest BCUT2D eigenvalue weighted by Crippen LogP contribution is 2.15. The van der Waals surface area contributed by atoms with Gasteiger partial charge in [0.15, 0.2) is 0 Å². The lowest BCUT2D eigenvalue weighted by atomic mass is 10.1. The van der Waals surface area contributed by atoms with Crippen molar-refractivity contribution in [3.8, 4) is 0 Å². The van der Waals surface area contributed by atoms with E-state index in [9.17, 15) is 13.2 Å². The van der Waals surface area contributed by atoms with Gasteiger partial charge in [-0.25, -0.2) is 8.42 Å². The minimum Gasteiger partial charge on any atom is -0.325 e. The Morgan fingerprint density at radius 2 is 1.55 bits per heavy atom. The molecule has 0 fully saturated rings. The van der Waals surface area contributed by atoms with Crippen molar-refractivity contribution in [2.75, 3.05) is 5.32 Å². The second-order valence-electron chi connectivity index (χ2n) is 6.67. The molecule has 0 bridgehead atoms. The zero-order valence-electron chi connectivity index (χ0n) is 15.8. The molecule has 0 aliphatic rings. The van der Waals surface area contributed by atoms with Crippen LogP contribution in [0.25, 0.3) is 0 Å². The van der Waals surface area contributed by atoms with Gasteiger partial charge in [0, 0.05) is 9.26 Å². The lowest BCUT2D eigenvalue weighted by Crippen LogP contribution is -2.45. The zero-order chi connectivity index (χ0) is 20.9. The van der Waals surface area contributed by atoms with Crippen LogP contribution in [0.3, 0.4) is 0 Å². The third kappa shape index (κ3) is 6.12. The Balaban J connectivity index is 1.84. The second kappa shape index (κ2) is 9.51. The summed E-state index contributed by atoms with van der Waals surface area (Å²) in [5.74, 6) is -0.411. The van der Waals surface area contributed by atoms with E-state index in [0.29, 0.717) is 5.69 Å². The van der Waals surface area contributed by atoms with Crippen LogP contribution in [0.5, 0.6) is 0 Å². The molecule has 0 heterocycles. The van der Waals surface area contributed by atoms with Crippen molar-refractivity contribution in [2.45, 2.75) is 24.3 Å². The number of hydrogen-bond acceptors (Lipinski definition) is 3. The van der Waals surface area contributed by atoms with Gasteiger partial charge in [0.2, 0.25) is 15.9 Å². The summed E-state index contributed by atoms with van der Waals surface area (Å²) in [6.45, 7) is 1.89. The maximum atomic E-state index is 12.9. The number of aryl methyl sites for hydroxylation is 1. The van der Waals surface area contributed by atoms with Gasteiger partial charge in [-0.05, 0) is 77.9 Å². The monoisotopic (exact) mass is 520 g/mol. The summed E-state index contributed by atoms with van der Waals surface area (Å²) in [6.07, 6.45) is 0.238. The molecule has 0 saturated carbocycles. The number of carbonyl (C=O) groups is 1. The summed E-state index contributed by atoms with van der Waals surface area (Å²) < 4.78 is 29.3. The van der Waals surface area contributed by atoms with Crippen molar-refractivity contribution in [1.82, 2.24) is 4.72 Å². The fourth-order valence-electron chi connectivity index (χ4n) is 2.77. The van der Waals surface area contributed by atoms with Gasteiger partial charge in [-0.15, -0.1) is 0 Å². The number of rotatable bonds is 7. The molecular formula is C22H21IN2O3S. The number of carbonyl (C=O) groups excluding carboxylic acids is 1. The van der Waals surface area contributed by atoms with E-state index in [1.165, 1.54) is 12.1 Å². The molecule has 0 unspecified atom stereocenters. The molecule has 5 nitrogen and oxygen atoms in total. The van der Waals surface area contributed by atoms with Crippen LogP contribution >= 0.6 is 22.6 Å². The molecule has 3 aromatic carbocycles. The summed E-state index contributed by atoms with van der Waals surface area (Å²) in [4.78, 5) is 13.1. The molecule has 3 rings (SSSR count). The number of benzene rings is 3. The molecule has 0 aliphatic carbocycles. The normalized spacial score (nSPS) is 12.3. The van der Waals surface area contributed by atoms with Crippen molar-refractivity contribution >= 4 is 44.2 Å². The fourth-order valence-corrected chi connectivity index (χ4v) is 4.33. The second-order valence-corrected chi connectivity index (χ2v) is 9.63. The third-order valence-electron chi connectivity index (χ3n) is 4.34. The van der Waals surface area contributed by atoms with Crippen LogP contribution in [-0.4, -0.2) is 20.4 Å². The van der Waals surface area contributed by atoms with Gasteiger partial charge < -0.3 is 5.32 Å². The first-order valence-corrected chi connectivity index (χ1v) is 11.6. The number of anilines is 1. The predicted octanol–water partition coefficient (Wildman–Crippen LogP) is 4.13. The zero-order valence-corrected chi connectivity index (χ0v) is 18.8. The van der Waals surface area contributed by atoms with Crippen molar-refractivity contribution in [1.29, 1.82) is 0 Å². The highest BCUT2D eigenvalue weighted by atomic mass is 127. The quantitative estimate of drug-likeness (QED) is 0.461. The average molecular weight is 520 g/mol. The first-order chi connectivity index (χ1) is 13.8. The molecule has 0 radical (unpaired) electrons. The van der Waals surface area contributed by atoms with E-state index in [0.717, 1.165) is 14.7 Å². The highest BCUT2D eigenvalue weighted by Gasteiger charge is 2.26. The molecular weight excluding hydrogens is 499 g/mol. The molecule has 1 atom stereocenters. The van der Waals surface area contributed by atoms with E-state index >= 15 is 0 Å². The molecule has 3 aromatic rings. The van der Waals surface area contributed by atoms with E-state index < -0.39 is 22.0 Å². The molecule has 0 aromatic heterocycles. The van der Waals surface area contributed by atoms with Crippen molar-refractivity contribution < 1.29 is 13.2 Å². The lowest BCUT2D eigenvalue weighted by Gasteiger charge is -2.19. The van der Waals surface area contributed by atoms with Gasteiger partial charge in [0.05, 0.1) is 4.90 Å². The predicted molar refractivity (Wildman–Crippen MR) is 123 cm³/mol. The topological polar surface area (TPSA) is 75.3 Å². The number of halogens is 1. The average Bonchev–Trinajstić information content (AvgIpc) is 2.70. The summed E-state index contributed by atoms with van der Waals surface area (Å²) in [5, 5.41) is 2.80. The van der Waals surface area contributed by atoms with Crippen molar-refractivity contribution in [3.05, 3.63) is 93.6 Å². The number of amides is 1. The van der Waals surface area contributed by atoms with Gasteiger partial charge in [-0.3, -0.25) is 4.79 Å². The molecule has 0 spiro atoms. The van der Waals surface area contributed by atoms with Crippen LogP contribution in [-0.2, 0) is 21.2 Å². The summed E-state index contributed by atoms with van der Waals surface area (Å²) >= 11 is 2.18. The summed E-state index contributed by atoms with van der Waals surface area (Å²) in [7, 11) is -3.85. The third-order valence-corrected chi connectivity index (χ3v) is 6.55. The first kappa shape index (κ1) is 21.5. The maximum Gasteiger partial charge on any atom is 0.242 e. The van der Waals surface area contributed by atoms with E-state index in [2.05, 4.69) is 32.6 Å². The van der Waals surface area contributed by atoms with E-state index in [4.69, 9.17) is 0 Å². The molecule has 1 amide bonds. The Hall–Kier alpha value is -2.23. The SMILES string of the molecule is Cc1ccc(S(=O)(=O)N[C@@H](Cc2ccccc2)C(=O)Nc2ccc(I)cc2)cc1. The van der Waals surface area contributed by atoms with Crippen LogP contribution in [0.1, 0.15) is 11.1 Å². The van der Waals surface area contributed by atoms with Crippen LogP contribution in [0.4, 0.5) is 5.69 Å². The lowest BCUT2D eigenvalue weighted by molar-refractivity contribution is -0.117.